The van der Waals surface area contributed by atoms with Crippen LogP contribution in [0.5, 0.6) is 5.75 Å². The molecule has 0 fully saturated rings. The van der Waals surface area contributed by atoms with Gasteiger partial charge in [0.2, 0.25) is 0 Å². The Kier molecular flexibility index (Phi) is 6.17. The predicted octanol–water partition coefficient (Wildman–Crippen LogP) is 3.22. The van der Waals surface area contributed by atoms with Crippen LogP contribution in [0.25, 0.3) is 0 Å². The van der Waals surface area contributed by atoms with Gasteiger partial charge in [-0.15, -0.1) is 0 Å². The van der Waals surface area contributed by atoms with Crippen LogP contribution in [0.2, 0.25) is 0 Å². The summed E-state index contributed by atoms with van der Waals surface area (Å²) in [5.41, 5.74) is 1.05. The van der Waals surface area contributed by atoms with Crippen molar-refractivity contribution in [2.24, 2.45) is 0 Å². The van der Waals surface area contributed by atoms with Gasteiger partial charge in [-0.2, -0.15) is 0 Å². The number of para-hydroxylation sites is 1. The molecule has 0 bridgehead atoms. The first kappa shape index (κ1) is 17.0. The molecule has 2 N–H and O–H groups in total. The van der Waals surface area contributed by atoms with Gasteiger partial charge in [0, 0.05) is 17.8 Å². The van der Waals surface area contributed by atoms with Crippen LogP contribution < -0.4 is 15.4 Å². The highest BCUT2D eigenvalue weighted by atomic mass is 79.9. The van der Waals surface area contributed by atoms with E-state index >= 15 is 0 Å². The van der Waals surface area contributed by atoms with E-state index in [2.05, 4.69) is 26.6 Å². The first-order valence-corrected chi connectivity index (χ1v) is 7.95. The molecule has 0 saturated heterocycles. The zero-order valence-electron chi connectivity index (χ0n) is 12.6. The minimum absolute atomic E-state index is 0.117. The summed E-state index contributed by atoms with van der Waals surface area (Å²) in [5, 5.41) is 5.42. The van der Waals surface area contributed by atoms with Crippen LogP contribution in [0.15, 0.2) is 53.0 Å². The number of carbonyl (C=O) groups excluding carboxylic acids is 2. The number of benzene rings is 2. The van der Waals surface area contributed by atoms with Crippen LogP contribution in [0.1, 0.15) is 17.3 Å². The molecule has 2 aromatic rings. The molecule has 0 radical (unpaired) electrons. The van der Waals surface area contributed by atoms with Crippen molar-refractivity contribution in [3.63, 3.8) is 0 Å². The van der Waals surface area contributed by atoms with E-state index in [1.165, 1.54) is 0 Å². The number of anilines is 1. The average Bonchev–Trinajstić information content (AvgIpc) is 2.54. The van der Waals surface area contributed by atoms with Crippen LogP contribution >= 0.6 is 15.9 Å². The van der Waals surface area contributed by atoms with Crippen molar-refractivity contribution in [2.45, 2.75) is 6.92 Å². The SMILES string of the molecule is CCNC(=O)c1cccc(NC(=O)COc2ccccc2Br)c1. The molecule has 0 aliphatic carbocycles. The fraction of sp³-hybridized carbons (Fsp3) is 0.176. The number of hydrogen-bond donors (Lipinski definition) is 2. The van der Waals surface area contributed by atoms with E-state index < -0.39 is 0 Å². The lowest BCUT2D eigenvalue weighted by molar-refractivity contribution is -0.118. The molecule has 2 rings (SSSR count). The van der Waals surface area contributed by atoms with Gasteiger partial charge in [0.05, 0.1) is 4.47 Å². The van der Waals surface area contributed by atoms with Gasteiger partial charge in [0.15, 0.2) is 6.61 Å². The lowest BCUT2D eigenvalue weighted by atomic mass is 10.2. The summed E-state index contributed by atoms with van der Waals surface area (Å²) in [7, 11) is 0. The minimum Gasteiger partial charge on any atom is -0.483 e. The summed E-state index contributed by atoms with van der Waals surface area (Å²) in [6, 6.07) is 14.1. The Balaban J connectivity index is 1.94. The van der Waals surface area contributed by atoms with Crippen molar-refractivity contribution in [1.29, 1.82) is 0 Å². The summed E-state index contributed by atoms with van der Waals surface area (Å²) in [5.74, 6) is 0.126. The lowest BCUT2D eigenvalue weighted by Gasteiger charge is -2.09. The zero-order chi connectivity index (χ0) is 16.7. The number of halogens is 1. The molecule has 0 aliphatic rings. The minimum atomic E-state index is -0.297. The van der Waals surface area contributed by atoms with E-state index in [1.54, 1.807) is 30.3 Å². The fourth-order valence-electron chi connectivity index (χ4n) is 1.90. The normalized spacial score (nSPS) is 10.0. The van der Waals surface area contributed by atoms with E-state index in [-0.39, 0.29) is 18.4 Å². The molecular weight excluding hydrogens is 360 g/mol. The average molecular weight is 377 g/mol. The van der Waals surface area contributed by atoms with E-state index in [1.807, 2.05) is 25.1 Å². The standard InChI is InChI=1S/C17H17BrN2O3/c1-2-19-17(22)12-6-5-7-13(10-12)20-16(21)11-23-15-9-4-3-8-14(15)18/h3-10H,2,11H2,1H3,(H,19,22)(H,20,21). The molecule has 120 valence electrons. The second kappa shape index (κ2) is 8.33. The Bertz CT molecular complexity index is 704. The second-order valence-corrected chi connectivity index (χ2v) is 5.56. The summed E-state index contributed by atoms with van der Waals surface area (Å²) in [6.07, 6.45) is 0. The van der Waals surface area contributed by atoms with Crippen molar-refractivity contribution in [1.82, 2.24) is 5.32 Å². The van der Waals surface area contributed by atoms with Gasteiger partial charge < -0.3 is 15.4 Å². The van der Waals surface area contributed by atoms with Crippen molar-refractivity contribution in [2.75, 3.05) is 18.5 Å². The van der Waals surface area contributed by atoms with Gasteiger partial charge >= 0.3 is 0 Å². The molecule has 2 amide bonds. The third kappa shape index (κ3) is 5.10. The number of nitrogens with one attached hydrogen (secondary N) is 2. The van der Waals surface area contributed by atoms with Crippen molar-refractivity contribution >= 4 is 33.4 Å². The molecule has 6 heteroatoms. The highest BCUT2D eigenvalue weighted by Gasteiger charge is 2.08. The monoisotopic (exact) mass is 376 g/mol. The van der Waals surface area contributed by atoms with Gasteiger partial charge in [-0.05, 0) is 53.2 Å². The molecule has 5 nitrogen and oxygen atoms in total. The Morgan fingerprint density at radius 1 is 1.13 bits per heavy atom. The molecule has 0 aromatic heterocycles. The Morgan fingerprint density at radius 3 is 2.65 bits per heavy atom. The van der Waals surface area contributed by atoms with Crippen LogP contribution in [0.4, 0.5) is 5.69 Å². The molecule has 23 heavy (non-hydrogen) atoms. The molecule has 0 atom stereocenters. The molecule has 0 aliphatic heterocycles. The number of ether oxygens (including phenoxy) is 1. The van der Waals surface area contributed by atoms with Gasteiger partial charge in [0.25, 0.3) is 11.8 Å². The van der Waals surface area contributed by atoms with Gasteiger partial charge in [-0.25, -0.2) is 0 Å². The first-order valence-electron chi connectivity index (χ1n) is 7.15. The zero-order valence-corrected chi connectivity index (χ0v) is 14.2. The highest BCUT2D eigenvalue weighted by molar-refractivity contribution is 9.10. The molecular formula is C17H17BrN2O3. The summed E-state index contributed by atoms with van der Waals surface area (Å²) >= 11 is 3.35. The van der Waals surface area contributed by atoms with Gasteiger partial charge in [-0.1, -0.05) is 18.2 Å². The molecule has 0 unspecified atom stereocenters. The maximum atomic E-state index is 12.0. The van der Waals surface area contributed by atoms with Crippen LogP contribution in [-0.4, -0.2) is 25.0 Å². The summed E-state index contributed by atoms with van der Waals surface area (Å²) < 4.78 is 6.23. The largest absolute Gasteiger partial charge is 0.483 e. The van der Waals surface area contributed by atoms with E-state index in [0.717, 1.165) is 4.47 Å². The predicted molar refractivity (Wildman–Crippen MR) is 92.7 cm³/mol. The molecule has 0 saturated carbocycles. The topological polar surface area (TPSA) is 67.4 Å². The van der Waals surface area contributed by atoms with Crippen molar-refractivity contribution in [3.8, 4) is 5.75 Å². The van der Waals surface area contributed by atoms with Gasteiger partial charge in [0.1, 0.15) is 5.75 Å². The molecule has 0 heterocycles. The summed E-state index contributed by atoms with van der Waals surface area (Å²) in [4.78, 5) is 23.7. The van der Waals surface area contributed by atoms with Crippen molar-refractivity contribution in [3.05, 3.63) is 58.6 Å². The number of carbonyl (C=O) groups is 2. The van der Waals surface area contributed by atoms with Crippen LogP contribution in [0.3, 0.4) is 0 Å². The maximum absolute atomic E-state index is 12.0. The third-order valence-electron chi connectivity index (χ3n) is 2.94. The first-order chi connectivity index (χ1) is 11.1. The number of rotatable bonds is 6. The highest BCUT2D eigenvalue weighted by Crippen LogP contribution is 2.23. The van der Waals surface area contributed by atoms with Gasteiger partial charge in [-0.3, -0.25) is 9.59 Å². The van der Waals surface area contributed by atoms with Crippen LogP contribution in [-0.2, 0) is 4.79 Å². The van der Waals surface area contributed by atoms with E-state index in [4.69, 9.17) is 4.74 Å². The Labute approximate surface area is 143 Å². The lowest BCUT2D eigenvalue weighted by Crippen LogP contribution is -2.23. The summed E-state index contributed by atoms with van der Waals surface area (Å²) in [6.45, 7) is 2.28. The number of hydrogen-bond acceptors (Lipinski definition) is 3. The van der Waals surface area contributed by atoms with E-state index in [9.17, 15) is 9.59 Å². The quantitative estimate of drug-likeness (QED) is 0.813. The molecule has 2 aromatic carbocycles. The Hall–Kier alpha value is -2.34. The van der Waals surface area contributed by atoms with Crippen molar-refractivity contribution < 1.29 is 14.3 Å². The van der Waals surface area contributed by atoms with Crippen LogP contribution in [0, 0.1) is 0 Å². The number of amides is 2. The second-order valence-electron chi connectivity index (χ2n) is 4.71. The maximum Gasteiger partial charge on any atom is 0.262 e. The van der Waals surface area contributed by atoms with E-state index in [0.29, 0.717) is 23.5 Å². The smallest absolute Gasteiger partial charge is 0.262 e. The third-order valence-corrected chi connectivity index (χ3v) is 3.60. The molecule has 0 spiro atoms. The Morgan fingerprint density at radius 2 is 1.91 bits per heavy atom. The fourth-order valence-corrected chi connectivity index (χ4v) is 2.30.